The summed E-state index contributed by atoms with van der Waals surface area (Å²) in [6.45, 7) is 2.08. The standard InChI is InChI=1S/C31H32N2O5/c1-2-37-29(35)27(18-17-24-11-5-3-6-12-24)32-31(21-22-34)20-19-26-15-9-10-16-28(26)33(30(31)36)38-23-25-13-7-4-8-14-25/h3-16,21,27,32H,2,17-20,23H2,1H3. The predicted molar refractivity (Wildman–Crippen MR) is 145 cm³/mol. The number of nitrogens with one attached hydrogen (secondary N) is 1. The number of para-hydroxylation sites is 1. The highest BCUT2D eigenvalue weighted by Crippen LogP contribution is 2.33. The molecule has 0 fully saturated rings. The molecule has 1 amide bonds. The van der Waals surface area contributed by atoms with Gasteiger partial charge in [-0.05, 0) is 55.4 Å². The van der Waals surface area contributed by atoms with Gasteiger partial charge in [-0.1, -0.05) is 78.9 Å². The molecular weight excluding hydrogens is 480 g/mol. The lowest BCUT2D eigenvalue weighted by atomic mass is 9.89. The molecule has 1 aliphatic rings. The number of nitrogens with zero attached hydrogens (tertiary/aromatic N) is 1. The van der Waals surface area contributed by atoms with E-state index in [9.17, 15) is 14.4 Å². The molecule has 3 aromatic rings. The Morgan fingerprint density at radius 1 is 1.03 bits per heavy atom. The van der Waals surface area contributed by atoms with Gasteiger partial charge in [-0.2, -0.15) is 5.06 Å². The predicted octanol–water partition coefficient (Wildman–Crippen LogP) is 4.38. The number of amides is 1. The summed E-state index contributed by atoms with van der Waals surface area (Å²) < 4.78 is 5.35. The lowest BCUT2D eigenvalue weighted by Gasteiger charge is -2.35. The topological polar surface area (TPSA) is 84.9 Å². The van der Waals surface area contributed by atoms with Gasteiger partial charge in [0.25, 0.3) is 5.91 Å². The molecule has 0 saturated carbocycles. The highest BCUT2D eigenvalue weighted by molar-refractivity contribution is 6.02. The third-order valence-electron chi connectivity index (χ3n) is 6.64. The van der Waals surface area contributed by atoms with E-state index in [0.29, 0.717) is 24.9 Å². The summed E-state index contributed by atoms with van der Waals surface area (Å²) in [6, 6.07) is 25.9. The smallest absolute Gasteiger partial charge is 0.323 e. The molecule has 3 aromatic carbocycles. The van der Waals surface area contributed by atoms with Crippen LogP contribution < -0.4 is 10.4 Å². The van der Waals surface area contributed by atoms with Crippen LogP contribution in [0.15, 0.2) is 91.0 Å². The fourth-order valence-corrected chi connectivity index (χ4v) is 4.66. The van der Waals surface area contributed by atoms with Crippen molar-refractivity contribution in [1.82, 2.24) is 5.32 Å². The van der Waals surface area contributed by atoms with Crippen molar-refractivity contribution in [1.29, 1.82) is 0 Å². The maximum atomic E-state index is 14.2. The molecule has 1 heterocycles. The summed E-state index contributed by atoms with van der Waals surface area (Å²) in [5, 5.41) is 4.46. The highest BCUT2D eigenvalue weighted by Gasteiger charge is 2.46. The zero-order chi connectivity index (χ0) is 26.8. The largest absolute Gasteiger partial charge is 0.465 e. The van der Waals surface area contributed by atoms with Gasteiger partial charge in [0.05, 0.1) is 12.3 Å². The van der Waals surface area contributed by atoms with Crippen molar-refractivity contribution in [3.63, 3.8) is 0 Å². The molecule has 0 bridgehead atoms. The third kappa shape index (κ3) is 6.45. The lowest BCUT2D eigenvalue weighted by molar-refractivity contribution is -0.147. The first-order chi connectivity index (χ1) is 18.6. The van der Waals surface area contributed by atoms with Crippen molar-refractivity contribution < 1.29 is 24.0 Å². The lowest BCUT2D eigenvalue weighted by Crippen LogP contribution is -2.61. The second-order valence-electron chi connectivity index (χ2n) is 9.19. The molecule has 7 heteroatoms. The molecule has 2 unspecified atom stereocenters. The first-order valence-electron chi connectivity index (χ1n) is 12.9. The van der Waals surface area contributed by atoms with Crippen LogP contribution in [0.5, 0.6) is 0 Å². The summed E-state index contributed by atoms with van der Waals surface area (Å²) >= 11 is 0. The van der Waals surface area contributed by atoms with Gasteiger partial charge in [0, 0.05) is 6.08 Å². The van der Waals surface area contributed by atoms with Gasteiger partial charge >= 0.3 is 5.97 Å². The molecule has 196 valence electrons. The molecule has 0 saturated heterocycles. The van der Waals surface area contributed by atoms with E-state index in [1.54, 1.807) is 6.92 Å². The van der Waals surface area contributed by atoms with Gasteiger partial charge in [-0.15, -0.1) is 0 Å². The molecule has 4 rings (SSSR count). The number of hydrogen-bond donors (Lipinski definition) is 1. The number of carbonyl (C=O) groups is 2. The monoisotopic (exact) mass is 512 g/mol. The minimum atomic E-state index is -1.52. The van der Waals surface area contributed by atoms with Crippen LogP contribution in [0.25, 0.3) is 0 Å². The average Bonchev–Trinajstić information content (AvgIpc) is 3.06. The number of hydrogen-bond acceptors (Lipinski definition) is 6. The summed E-state index contributed by atoms with van der Waals surface area (Å²) in [5.74, 6) is 0.847. The Labute approximate surface area is 223 Å². The van der Waals surface area contributed by atoms with Crippen LogP contribution >= 0.6 is 0 Å². The van der Waals surface area contributed by atoms with Gasteiger partial charge in [0.1, 0.15) is 24.1 Å². The van der Waals surface area contributed by atoms with Crippen LogP contribution in [0.1, 0.15) is 36.5 Å². The molecule has 2 atom stereocenters. The molecule has 7 nitrogen and oxygen atoms in total. The maximum absolute atomic E-state index is 14.2. The van der Waals surface area contributed by atoms with Crippen LogP contribution in [0, 0.1) is 0 Å². The Morgan fingerprint density at radius 2 is 1.68 bits per heavy atom. The zero-order valence-corrected chi connectivity index (χ0v) is 21.5. The van der Waals surface area contributed by atoms with Crippen LogP contribution in [0.4, 0.5) is 5.69 Å². The van der Waals surface area contributed by atoms with Crippen LogP contribution in [-0.4, -0.2) is 36.0 Å². The van der Waals surface area contributed by atoms with E-state index < -0.39 is 23.5 Å². The molecule has 0 aromatic heterocycles. The molecule has 0 aliphatic carbocycles. The van der Waals surface area contributed by atoms with E-state index in [2.05, 4.69) is 5.32 Å². The summed E-state index contributed by atoms with van der Waals surface area (Å²) in [4.78, 5) is 45.1. The van der Waals surface area contributed by atoms with Crippen molar-refractivity contribution in [3.8, 4) is 0 Å². The fourth-order valence-electron chi connectivity index (χ4n) is 4.66. The molecule has 1 N–H and O–H groups in total. The van der Waals surface area contributed by atoms with E-state index in [4.69, 9.17) is 9.57 Å². The number of aryl methyl sites for hydroxylation is 2. The minimum Gasteiger partial charge on any atom is -0.465 e. The second-order valence-corrected chi connectivity index (χ2v) is 9.19. The minimum absolute atomic E-state index is 0.150. The number of fused-ring (bicyclic) bond motifs is 1. The fraction of sp³-hybridized carbons (Fsp3) is 0.290. The normalized spacial score (nSPS) is 17.6. The molecule has 1 aliphatic heterocycles. The van der Waals surface area contributed by atoms with E-state index in [1.165, 1.54) is 11.1 Å². The SMILES string of the molecule is CCOC(=O)C(CCc1ccccc1)NC1(C=C=O)CCc2ccccc2N(OCc2ccccc2)C1=O. The molecule has 0 radical (unpaired) electrons. The number of anilines is 1. The van der Waals surface area contributed by atoms with Crippen LogP contribution in [-0.2, 0) is 43.4 Å². The average molecular weight is 513 g/mol. The van der Waals surface area contributed by atoms with Crippen LogP contribution in [0.2, 0.25) is 0 Å². The quantitative estimate of drug-likeness (QED) is 0.303. The van der Waals surface area contributed by atoms with Crippen molar-refractivity contribution >= 4 is 23.5 Å². The van der Waals surface area contributed by atoms with Crippen molar-refractivity contribution in [2.75, 3.05) is 11.7 Å². The van der Waals surface area contributed by atoms with Gasteiger partial charge < -0.3 is 4.74 Å². The third-order valence-corrected chi connectivity index (χ3v) is 6.64. The van der Waals surface area contributed by atoms with Gasteiger partial charge in [0.2, 0.25) is 0 Å². The van der Waals surface area contributed by atoms with Crippen LogP contribution in [0.3, 0.4) is 0 Å². The maximum Gasteiger partial charge on any atom is 0.323 e. The Kier molecular flexibility index (Phi) is 9.22. The number of ether oxygens (including phenoxy) is 1. The summed E-state index contributed by atoms with van der Waals surface area (Å²) in [6.07, 6.45) is 2.86. The van der Waals surface area contributed by atoms with Gasteiger partial charge in [-0.3, -0.25) is 19.7 Å². The second kappa shape index (κ2) is 13.0. The van der Waals surface area contributed by atoms with Crippen molar-refractivity contribution in [3.05, 3.63) is 108 Å². The van der Waals surface area contributed by atoms with Gasteiger partial charge in [-0.25, -0.2) is 4.79 Å². The Morgan fingerprint density at radius 3 is 2.37 bits per heavy atom. The van der Waals surface area contributed by atoms with Crippen molar-refractivity contribution in [2.24, 2.45) is 0 Å². The highest BCUT2D eigenvalue weighted by atomic mass is 16.7. The number of rotatable bonds is 11. The first kappa shape index (κ1) is 27.0. The summed E-state index contributed by atoms with van der Waals surface area (Å²) in [5.41, 5.74) is 1.92. The first-order valence-corrected chi connectivity index (χ1v) is 12.9. The number of esters is 1. The van der Waals surface area contributed by atoms with E-state index in [-0.39, 0.29) is 19.6 Å². The number of hydroxylamine groups is 1. The van der Waals surface area contributed by atoms with Crippen molar-refractivity contribution in [2.45, 2.75) is 50.8 Å². The van der Waals surface area contributed by atoms with E-state index in [1.807, 2.05) is 90.9 Å². The number of carbonyl (C=O) groups excluding carboxylic acids is 3. The molecule has 38 heavy (non-hydrogen) atoms. The molecular formula is C31H32N2O5. The van der Waals surface area contributed by atoms with E-state index >= 15 is 0 Å². The number of benzene rings is 3. The Hall–Kier alpha value is -4.03. The Balaban J connectivity index is 1.66. The molecule has 0 spiro atoms. The van der Waals surface area contributed by atoms with E-state index in [0.717, 1.165) is 16.7 Å². The Bertz CT molecular complexity index is 1270. The summed E-state index contributed by atoms with van der Waals surface area (Å²) in [7, 11) is 0. The van der Waals surface area contributed by atoms with Gasteiger partial charge in [0.15, 0.2) is 0 Å². The zero-order valence-electron chi connectivity index (χ0n) is 21.5.